The van der Waals surface area contributed by atoms with Crippen LogP contribution >= 0.6 is 11.6 Å². The van der Waals surface area contributed by atoms with Crippen molar-refractivity contribution in [2.24, 2.45) is 0 Å². The van der Waals surface area contributed by atoms with E-state index in [0.29, 0.717) is 41.8 Å². The summed E-state index contributed by atoms with van der Waals surface area (Å²) in [6, 6.07) is 21.3. The zero-order valence-corrected chi connectivity index (χ0v) is 19.6. The van der Waals surface area contributed by atoms with Gasteiger partial charge in [0.05, 0.1) is 10.7 Å². The van der Waals surface area contributed by atoms with Crippen LogP contribution in [0.4, 0.5) is 5.69 Å². The fourth-order valence-corrected chi connectivity index (χ4v) is 3.74. The molecule has 1 aliphatic rings. The number of hydrazine groups is 1. The summed E-state index contributed by atoms with van der Waals surface area (Å²) in [7, 11) is 0. The van der Waals surface area contributed by atoms with Gasteiger partial charge in [-0.15, -0.1) is 0 Å². The summed E-state index contributed by atoms with van der Waals surface area (Å²) in [6.45, 7) is 0.711. The number of hydrogen-bond donors (Lipinski definition) is 2. The fraction of sp³-hybridized carbons (Fsp3) is 0.192. The standard InChI is InChI=1S/C26H24ClN3O5/c27-22-13-8-19(15-23(22)30-14-4-7-25(30)32)26(33)29-28-24(31)17-35-21-11-9-20(10-12-21)34-16-18-5-2-1-3-6-18/h1-3,5-6,8-13,15H,4,7,14,16-17H2,(H,28,31)(H,29,33). The highest BCUT2D eigenvalue weighted by molar-refractivity contribution is 6.34. The molecule has 4 rings (SSSR count). The van der Waals surface area contributed by atoms with Gasteiger partial charge in [-0.25, -0.2) is 0 Å². The van der Waals surface area contributed by atoms with Gasteiger partial charge >= 0.3 is 0 Å². The number of benzene rings is 3. The Kier molecular flexibility index (Phi) is 7.84. The van der Waals surface area contributed by atoms with Crippen molar-refractivity contribution in [2.75, 3.05) is 18.1 Å². The summed E-state index contributed by atoms with van der Waals surface area (Å²) in [5.74, 6) is 0.0484. The highest BCUT2D eigenvalue weighted by atomic mass is 35.5. The van der Waals surface area contributed by atoms with Gasteiger partial charge in [-0.2, -0.15) is 0 Å². The molecule has 1 fully saturated rings. The molecule has 35 heavy (non-hydrogen) atoms. The number of nitrogens with one attached hydrogen (secondary N) is 2. The molecule has 1 aliphatic heterocycles. The molecule has 0 bridgehead atoms. The number of carbonyl (C=O) groups excluding carboxylic acids is 3. The lowest BCUT2D eigenvalue weighted by atomic mass is 10.2. The Balaban J connectivity index is 1.23. The summed E-state index contributed by atoms with van der Waals surface area (Å²) in [6.07, 6.45) is 1.19. The van der Waals surface area contributed by atoms with Gasteiger partial charge in [0.2, 0.25) is 5.91 Å². The molecule has 180 valence electrons. The molecule has 8 nitrogen and oxygen atoms in total. The Hall–Kier alpha value is -4.04. The molecule has 0 radical (unpaired) electrons. The van der Waals surface area contributed by atoms with Crippen molar-refractivity contribution in [1.82, 2.24) is 10.9 Å². The van der Waals surface area contributed by atoms with Gasteiger partial charge in [-0.3, -0.25) is 25.2 Å². The number of ether oxygens (including phenoxy) is 2. The highest BCUT2D eigenvalue weighted by Gasteiger charge is 2.24. The van der Waals surface area contributed by atoms with Crippen LogP contribution in [0.3, 0.4) is 0 Å². The predicted octanol–water partition coefficient (Wildman–Crippen LogP) is 3.89. The van der Waals surface area contributed by atoms with Crippen LogP contribution in [0.1, 0.15) is 28.8 Å². The van der Waals surface area contributed by atoms with Crippen LogP contribution < -0.4 is 25.2 Å². The number of nitrogens with zero attached hydrogens (tertiary/aromatic N) is 1. The van der Waals surface area contributed by atoms with Crippen molar-refractivity contribution in [1.29, 1.82) is 0 Å². The molecule has 0 aliphatic carbocycles. The lowest BCUT2D eigenvalue weighted by molar-refractivity contribution is -0.123. The average molecular weight is 494 g/mol. The normalized spacial score (nSPS) is 12.8. The number of hydrogen-bond acceptors (Lipinski definition) is 5. The molecular weight excluding hydrogens is 470 g/mol. The van der Waals surface area contributed by atoms with Crippen molar-refractivity contribution < 1.29 is 23.9 Å². The van der Waals surface area contributed by atoms with E-state index in [1.54, 1.807) is 35.2 Å². The van der Waals surface area contributed by atoms with Crippen molar-refractivity contribution in [2.45, 2.75) is 19.4 Å². The lowest BCUT2D eigenvalue weighted by Crippen LogP contribution is -2.43. The zero-order chi connectivity index (χ0) is 24.6. The Morgan fingerprint density at radius 1 is 0.914 bits per heavy atom. The van der Waals surface area contributed by atoms with Crippen LogP contribution in [0.5, 0.6) is 11.5 Å². The summed E-state index contributed by atoms with van der Waals surface area (Å²) in [5.41, 5.74) is 6.45. The first-order chi connectivity index (χ1) is 17.0. The van der Waals surface area contributed by atoms with E-state index >= 15 is 0 Å². The van der Waals surface area contributed by atoms with E-state index < -0.39 is 11.8 Å². The molecule has 0 atom stereocenters. The molecule has 2 N–H and O–H groups in total. The van der Waals surface area contributed by atoms with E-state index in [2.05, 4.69) is 10.9 Å². The Bertz CT molecular complexity index is 1200. The van der Waals surface area contributed by atoms with Crippen LogP contribution in [0.15, 0.2) is 72.8 Å². The van der Waals surface area contributed by atoms with Crippen molar-refractivity contribution in [3.8, 4) is 11.5 Å². The van der Waals surface area contributed by atoms with Crippen molar-refractivity contribution in [3.05, 3.63) is 88.9 Å². The van der Waals surface area contributed by atoms with Gasteiger partial charge in [0.25, 0.3) is 11.8 Å². The number of halogens is 1. The van der Waals surface area contributed by atoms with Gasteiger partial charge in [0.1, 0.15) is 18.1 Å². The number of amides is 3. The highest BCUT2D eigenvalue weighted by Crippen LogP contribution is 2.30. The number of rotatable bonds is 8. The van der Waals surface area contributed by atoms with E-state index in [1.165, 1.54) is 12.1 Å². The topological polar surface area (TPSA) is 97.0 Å². The molecular formula is C26H24ClN3O5. The van der Waals surface area contributed by atoms with Crippen LogP contribution in [-0.4, -0.2) is 30.9 Å². The summed E-state index contributed by atoms with van der Waals surface area (Å²) in [4.78, 5) is 38.1. The predicted molar refractivity (Wildman–Crippen MR) is 131 cm³/mol. The summed E-state index contributed by atoms with van der Waals surface area (Å²) in [5, 5.41) is 0.380. The molecule has 1 saturated heterocycles. The second kappa shape index (κ2) is 11.4. The molecule has 3 aromatic rings. The van der Waals surface area contributed by atoms with E-state index in [0.717, 1.165) is 12.0 Å². The van der Waals surface area contributed by atoms with Gasteiger partial charge in [0, 0.05) is 18.5 Å². The van der Waals surface area contributed by atoms with E-state index in [1.807, 2.05) is 30.3 Å². The minimum Gasteiger partial charge on any atom is -0.489 e. The van der Waals surface area contributed by atoms with Crippen LogP contribution in [0.25, 0.3) is 0 Å². The first kappa shape index (κ1) is 24.1. The van der Waals surface area contributed by atoms with E-state index in [4.69, 9.17) is 21.1 Å². The monoisotopic (exact) mass is 493 g/mol. The molecule has 0 unspecified atom stereocenters. The first-order valence-corrected chi connectivity index (χ1v) is 11.5. The molecule has 0 spiro atoms. The van der Waals surface area contributed by atoms with Crippen LogP contribution in [0.2, 0.25) is 5.02 Å². The third-order valence-electron chi connectivity index (χ3n) is 5.33. The fourth-order valence-electron chi connectivity index (χ4n) is 3.52. The maximum Gasteiger partial charge on any atom is 0.276 e. The van der Waals surface area contributed by atoms with Crippen LogP contribution in [-0.2, 0) is 16.2 Å². The maximum atomic E-state index is 12.5. The van der Waals surface area contributed by atoms with Gasteiger partial charge in [-0.05, 0) is 54.4 Å². The Labute approximate surface area is 207 Å². The number of carbonyl (C=O) groups is 3. The van der Waals surface area contributed by atoms with Gasteiger partial charge < -0.3 is 14.4 Å². The van der Waals surface area contributed by atoms with E-state index in [-0.39, 0.29) is 18.1 Å². The quantitative estimate of drug-likeness (QED) is 0.464. The lowest BCUT2D eigenvalue weighted by Gasteiger charge is -2.18. The van der Waals surface area contributed by atoms with Crippen molar-refractivity contribution >= 4 is 35.0 Å². The minimum atomic E-state index is -0.539. The number of anilines is 1. The first-order valence-electron chi connectivity index (χ1n) is 11.1. The molecule has 3 amide bonds. The second-order valence-electron chi connectivity index (χ2n) is 7.85. The summed E-state index contributed by atoms with van der Waals surface area (Å²) < 4.78 is 11.2. The maximum absolute atomic E-state index is 12.5. The van der Waals surface area contributed by atoms with Crippen LogP contribution in [0, 0.1) is 0 Å². The third kappa shape index (κ3) is 6.51. The Morgan fingerprint density at radius 3 is 2.31 bits per heavy atom. The Morgan fingerprint density at radius 2 is 1.63 bits per heavy atom. The molecule has 0 aromatic heterocycles. The van der Waals surface area contributed by atoms with Gasteiger partial charge in [0.15, 0.2) is 6.61 Å². The zero-order valence-electron chi connectivity index (χ0n) is 18.8. The SMILES string of the molecule is O=C(COc1ccc(OCc2ccccc2)cc1)NNC(=O)c1ccc(Cl)c(N2CCCC2=O)c1. The largest absolute Gasteiger partial charge is 0.489 e. The average Bonchev–Trinajstić information content (AvgIpc) is 3.31. The van der Waals surface area contributed by atoms with Crippen molar-refractivity contribution in [3.63, 3.8) is 0 Å². The molecule has 3 aromatic carbocycles. The second-order valence-corrected chi connectivity index (χ2v) is 8.26. The smallest absolute Gasteiger partial charge is 0.276 e. The molecule has 1 heterocycles. The summed E-state index contributed by atoms with van der Waals surface area (Å²) >= 11 is 6.21. The molecule has 9 heteroatoms. The van der Waals surface area contributed by atoms with E-state index in [9.17, 15) is 14.4 Å². The molecule has 0 saturated carbocycles. The minimum absolute atomic E-state index is 0.0364. The van der Waals surface area contributed by atoms with Gasteiger partial charge in [-0.1, -0.05) is 41.9 Å². The third-order valence-corrected chi connectivity index (χ3v) is 5.65.